The molecule has 0 aromatic carbocycles. The van der Waals surface area contributed by atoms with Crippen LogP contribution in [0.15, 0.2) is 23.8 Å². The Balaban J connectivity index is 2.55. The van der Waals surface area contributed by atoms with Crippen LogP contribution in [0.1, 0.15) is 33.6 Å². The molecule has 3 nitrogen and oxygen atoms in total. The van der Waals surface area contributed by atoms with Gasteiger partial charge in [-0.15, -0.1) is 0 Å². The molecule has 0 aromatic rings. The Hall–Kier alpha value is -0.930. The summed E-state index contributed by atoms with van der Waals surface area (Å²) in [6.07, 6.45) is 2.10. The lowest BCUT2D eigenvalue weighted by Gasteiger charge is -2.52. The second-order valence-corrected chi connectivity index (χ2v) is 6.05. The van der Waals surface area contributed by atoms with Gasteiger partial charge in [-0.25, -0.2) is 0 Å². The highest BCUT2D eigenvalue weighted by molar-refractivity contribution is 5.95. The Kier molecular flexibility index (Phi) is 3.24. The molecule has 0 amide bonds. The lowest BCUT2D eigenvalue weighted by Crippen LogP contribution is -2.62. The lowest BCUT2D eigenvalue weighted by molar-refractivity contribution is -0.167. The summed E-state index contributed by atoms with van der Waals surface area (Å²) >= 11 is 0. The minimum absolute atomic E-state index is 0.00472. The van der Waals surface area contributed by atoms with E-state index >= 15 is 0 Å². The molecule has 2 aliphatic rings. The summed E-state index contributed by atoms with van der Waals surface area (Å²) < 4.78 is 0. The maximum absolute atomic E-state index is 12.2. The largest absolute Gasteiger partial charge is 0.386 e. The molecule has 0 heterocycles. The monoisotopic (exact) mass is 250 g/mol. The van der Waals surface area contributed by atoms with Crippen molar-refractivity contribution in [2.75, 3.05) is 0 Å². The van der Waals surface area contributed by atoms with Gasteiger partial charge < -0.3 is 10.2 Å². The molecule has 1 saturated carbocycles. The zero-order valence-corrected chi connectivity index (χ0v) is 11.3. The fraction of sp³-hybridized carbons (Fsp3) is 0.667. The molecule has 4 atom stereocenters. The number of fused-ring (bicyclic) bond motifs is 1. The molecule has 100 valence electrons. The van der Waals surface area contributed by atoms with Crippen LogP contribution in [0.4, 0.5) is 0 Å². The van der Waals surface area contributed by atoms with Crippen LogP contribution in [0.25, 0.3) is 0 Å². The van der Waals surface area contributed by atoms with Crippen LogP contribution >= 0.6 is 0 Å². The number of aliphatic hydroxyl groups excluding tert-OH is 1. The maximum Gasteiger partial charge on any atom is 0.161 e. The van der Waals surface area contributed by atoms with E-state index < -0.39 is 17.6 Å². The molecule has 3 heteroatoms. The van der Waals surface area contributed by atoms with E-state index in [9.17, 15) is 15.0 Å². The smallest absolute Gasteiger partial charge is 0.161 e. The van der Waals surface area contributed by atoms with Crippen LogP contribution < -0.4 is 0 Å². The summed E-state index contributed by atoms with van der Waals surface area (Å²) in [5.74, 6) is -0.758. The standard InChI is InChI=1S/C15H22O3/c1-8(2)13-12(16)7-10(4)11-6-5-9(3)14(17)15(11,13)18/h7-8,11,13-14,17-18H,3,5-6H2,1-2,4H3/t11-,13+,14+,15-/m0/s1. The van der Waals surface area contributed by atoms with Crippen LogP contribution in [0.3, 0.4) is 0 Å². The summed E-state index contributed by atoms with van der Waals surface area (Å²) in [6.45, 7) is 9.53. The second kappa shape index (κ2) is 4.32. The Morgan fingerprint density at radius 3 is 2.67 bits per heavy atom. The molecule has 0 saturated heterocycles. The fourth-order valence-electron chi connectivity index (χ4n) is 3.70. The van der Waals surface area contributed by atoms with Crippen LogP contribution in [0, 0.1) is 17.8 Å². The second-order valence-electron chi connectivity index (χ2n) is 6.05. The molecule has 0 unspecified atom stereocenters. The van der Waals surface area contributed by atoms with Gasteiger partial charge in [0.2, 0.25) is 0 Å². The Morgan fingerprint density at radius 1 is 1.50 bits per heavy atom. The van der Waals surface area contributed by atoms with Gasteiger partial charge in [0.15, 0.2) is 5.78 Å². The first-order valence-corrected chi connectivity index (χ1v) is 6.60. The van der Waals surface area contributed by atoms with Crippen molar-refractivity contribution in [1.29, 1.82) is 0 Å². The van der Waals surface area contributed by atoms with Crippen molar-refractivity contribution in [3.05, 3.63) is 23.8 Å². The van der Waals surface area contributed by atoms with Crippen LogP contribution in [0.2, 0.25) is 0 Å². The van der Waals surface area contributed by atoms with Gasteiger partial charge in [0.1, 0.15) is 11.7 Å². The van der Waals surface area contributed by atoms with Crippen molar-refractivity contribution >= 4 is 5.78 Å². The first-order valence-electron chi connectivity index (χ1n) is 6.60. The third kappa shape index (κ3) is 1.69. The highest BCUT2D eigenvalue weighted by Crippen LogP contribution is 2.49. The number of hydrogen-bond acceptors (Lipinski definition) is 3. The predicted octanol–water partition coefficient (Wildman–Crippen LogP) is 1.85. The quantitative estimate of drug-likeness (QED) is 0.698. The Labute approximate surface area is 108 Å². The minimum atomic E-state index is -1.38. The lowest BCUT2D eigenvalue weighted by atomic mass is 9.57. The number of carbonyl (C=O) groups excluding carboxylic acids is 1. The minimum Gasteiger partial charge on any atom is -0.386 e. The summed E-state index contributed by atoms with van der Waals surface area (Å²) in [4.78, 5) is 12.2. The van der Waals surface area contributed by atoms with Crippen molar-refractivity contribution < 1.29 is 15.0 Å². The van der Waals surface area contributed by atoms with Gasteiger partial charge in [0, 0.05) is 5.92 Å². The van der Waals surface area contributed by atoms with Crippen LogP contribution in [0.5, 0.6) is 0 Å². The predicted molar refractivity (Wildman–Crippen MR) is 69.9 cm³/mol. The van der Waals surface area contributed by atoms with E-state index in [4.69, 9.17) is 0 Å². The van der Waals surface area contributed by atoms with Crippen molar-refractivity contribution in [2.45, 2.75) is 45.3 Å². The van der Waals surface area contributed by atoms with E-state index in [1.165, 1.54) is 0 Å². The fourth-order valence-corrected chi connectivity index (χ4v) is 3.70. The van der Waals surface area contributed by atoms with Crippen LogP contribution in [-0.2, 0) is 4.79 Å². The maximum atomic E-state index is 12.2. The van der Waals surface area contributed by atoms with Crippen molar-refractivity contribution in [2.24, 2.45) is 17.8 Å². The first-order chi connectivity index (χ1) is 8.30. The normalized spacial score (nSPS) is 40.8. The van der Waals surface area contributed by atoms with Gasteiger partial charge in [0.05, 0.1) is 5.92 Å². The molecule has 18 heavy (non-hydrogen) atoms. The zero-order valence-electron chi connectivity index (χ0n) is 11.3. The van der Waals surface area contributed by atoms with Gasteiger partial charge in [-0.2, -0.15) is 0 Å². The molecule has 2 aliphatic carbocycles. The average Bonchev–Trinajstić information content (AvgIpc) is 2.24. The van der Waals surface area contributed by atoms with Gasteiger partial charge in [-0.1, -0.05) is 26.0 Å². The van der Waals surface area contributed by atoms with Gasteiger partial charge >= 0.3 is 0 Å². The van der Waals surface area contributed by atoms with Crippen LogP contribution in [-0.4, -0.2) is 27.7 Å². The van der Waals surface area contributed by atoms with E-state index in [-0.39, 0.29) is 17.6 Å². The number of hydrogen-bond donors (Lipinski definition) is 2. The average molecular weight is 250 g/mol. The molecule has 1 fully saturated rings. The molecule has 2 N–H and O–H groups in total. The SMILES string of the molecule is C=C1CC[C@H]2C(C)=CC(=O)[C@@H](C(C)C)[C@]2(O)[C@@H]1O. The number of aliphatic hydroxyl groups is 2. The Bertz CT molecular complexity index is 421. The van der Waals surface area contributed by atoms with Gasteiger partial charge in [0.25, 0.3) is 0 Å². The summed E-state index contributed by atoms with van der Waals surface area (Å²) in [5, 5.41) is 21.4. The number of ketones is 1. The first kappa shape index (κ1) is 13.5. The van der Waals surface area contributed by atoms with Gasteiger partial charge in [-0.05, 0) is 37.3 Å². The molecule has 2 rings (SSSR count). The van der Waals surface area contributed by atoms with Gasteiger partial charge in [-0.3, -0.25) is 4.79 Å². The number of carbonyl (C=O) groups is 1. The van der Waals surface area contributed by atoms with E-state index in [1.54, 1.807) is 6.08 Å². The van der Waals surface area contributed by atoms with Crippen molar-refractivity contribution in [3.8, 4) is 0 Å². The molecule has 0 aromatic heterocycles. The topological polar surface area (TPSA) is 57.5 Å². The highest BCUT2D eigenvalue weighted by atomic mass is 16.3. The molecular weight excluding hydrogens is 228 g/mol. The number of allylic oxidation sites excluding steroid dienone is 1. The molecular formula is C15H22O3. The van der Waals surface area contributed by atoms with E-state index in [2.05, 4.69) is 6.58 Å². The number of rotatable bonds is 1. The molecule has 0 aliphatic heterocycles. The van der Waals surface area contributed by atoms with Crippen molar-refractivity contribution in [1.82, 2.24) is 0 Å². The van der Waals surface area contributed by atoms with E-state index in [1.807, 2.05) is 20.8 Å². The Morgan fingerprint density at radius 2 is 2.11 bits per heavy atom. The third-order valence-corrected chi connectivity index (χ3v) is 4.53. The summed E-state index contributed by atoms with van der Waals surface area (Å²) in [5.41, 5.74) is 0.146. The van der Waals surface area contributed by atoms with E-state index in [0.717, 1.165) is 12.0 Å². The summed E-state index contributed by atoms with van der Waals surface area (Å²) in [7, 11) is 0. The highest BCUT2D eigenvalue weighted by Gasteiger charge is 2.57. The molecule has 0 radical (unpaired) electrons. The molecule has 0 spiro atoms. The third-order valence-electron chi connectivity index (χ3n) is 4.53. The summed E-state index contributed by atoms with van der Waals surface area (Å²) in [6, 6.07) is 0. The van der Waals surface area contributed by atoms with Crippen molar-refractivity contribution in [3.63, 3.8) is 0 Å². The molecule has 0 bridgehead atoms. The zero-order chi connectivity index (χ0) is 13.7. The van der Waals surface area contributed by atoms with E-state index in [0.29, 0.717) is 12.0 Å².